The van der Waals surface area contributed by atoms with Crippen molar-refractivity contribution in [2.45, 2.75) is 19.1 Å². The number of nitrogens with zero attached hydrogens (tertiary/aromatic N) is 3. The molecule has 0 saturated carbocycles. The fourth-order valence-electron chi connectivity index (χ4n) is 4.01. The van der Waals surface area contributed by atoms with Crippen LogP contribution < -0.4 is 15.0 Å². The zero-order chi connectivity index (χ0) is 22.8. The molecule has 2 saturated heterocycles. The van der Waals surface area contributed by atoms with Crippen LogP contribution >= 0.6 is 11.3 Å². The Labute approximate surface area is 195 Å². The number of nitrogens with one attached hydrogen (secondary N) is 1. The van der Waals surface area contributed by atoms with Gasteiger partial charge in [0.15, 0.2) is 5.13 Å². The Morgan fingerprint density at radius 2 is 2.18 bits per heavy atom. The highest BCUT2D eigenvalue weighted by molar-refractivity contribution is 7.22. The number of hydrogen-bond donors (Lipinski definition) is 1. The van der Waals surface area contributed by atoms with E-state index in [-0.39, 0.29) is 18.1 Å². The van der Waals surface area contributed by atoms with Crippen LogP contribution in [-0.2, 0) is 14.2 Å². The first kappa shape index (κ1) is 22.0. The largest absolute Gasteiger partial charge is 0.494 e. The van der Waals surface area contributed by atoms with E-state index in [2.05, 4.69) is 20.2 Å². The molecule has 33 heavy (non-hydrogen) atoms. The van der Waals surface area contributed by atoms with Crippen molar-refractivity contribution >= 4 is 38.4 Å². The van der Waals surface area contributed by atoms with Gasteiger partial charge in [-0.3, -0.25) is 10.1 Å². The normalized spacial score (nSPS) is 18.8. The molecule has 0 bridgehead atoms. The predicted octanol–water partition coefficient (Wildman–Crippen LogP) is 3.27. The van der Waals surface area contributed by atoms with Crippen LogP contribution in [0.2, 0.25) is 0 Å². The zero-order valence-corrected chi connectivity index (χ0v) is 19.4. The number of carbonyl (C=O) groups excluding carboxylic acids is 1. The molecule has 2 aromatic heterocycles. The molecule has 2 fully saturated rings. The van der Waals surface area contributed by atoms with E-state index in [9.17, 15) is 4.79 Å². The molecule has 2 aliphatic rings. The number of benzene rings is 1. The summed E-state index contributed by atoms with van der Waals surface area (Å²) in [7, 11) is 1.61. The van der Waals surface area contributed by atoms with Gasteiger partial charge in [0.05, 0.1) is 37.7 Å². The molecule has 9 nitrogen and oxygen atoms in total. The Morgan fingerprint density at radius 1 is 1.30 bits per heavy atom. The molecule has 5 rings (SSSR count). The molecule has 0 spiro atoms. The Morgan fingerprint density at radius 3 is 2.94 bits per heavy atom. The number of fused-ring (bicyclic) bond motifs is 1. The van der Waals surface area contributed by atoms with E-state index in [0.29, 0.717) is 48.4 Å². The number of amides is 1. The van der Waals surface area contributed by atoms with Crippen LogP contribution in [0.15, 0.2) is 30.5 Å². The summed E-state index contributed by atoms with van der Waals surface area (Å²) in [6.07, 6.45) is 1.70. The number of hydrogen-bond acceptors (Lipinski definition) is 9. The minimum Gasteiger partial charge on any atom is -0.494 e. The fraction of sp³-hybridized carbons (Fsp3) is 0.435. The van der Waals surface area contributed by atoms with Gasteiger partial charge >= 0.3 is 0 Å². The van der Waals surface area contributed by atoms with Crippen LogP contribution in [0.3, 0.4) is 0 Å². The molecular weight excluding hydrogens is 444 g/mol. The minimum absolute atomic E-state index is 0.170. The Kier molecular flexibility index (Phi) is 6.41. The number of methoxy groups -OCH3 is 1. The van der Waals surface area contributed by atoms with Crippen molar-refractivity contribution in [3.63, 3.8) is 0 Å². The molecule has 1 aromatic carbocycles. The number of ether oxygens (including phenoxy) is 4. The van der Waals surface area contributed by atoms with Crippen molar-refractivity contribution in [3.05, 3.63) is 41.6 Å². The summed E-state index contributed by atoms with van der Waals surface area (Å²) in [5, 5.41) is 3.43. The van der Waals surface area contributed by atoms with Crippen molar-refractivity contribution < 1.29 is 23.7 Å². The van der Waals surface area contributed by atoms with Gasteiger partial charge in [-0.15, -0.1) is 0 Å². The monoisotopic (exact) mass is 470 g/mol. The third-order valence-electron chi connectivity index (χ3n) is 5.72. The van der Waals surface area contributed by atoms with E-state index in [1.165, 1.54) is 11.3 Å². The lowest BCUT2D eigenvalue weighted by molar-refractivity contribution is -0.0895. The van der Waals surface area contributed by atoms with Crippen LogP contribution in [-0.4, -0.2) is 68.6 Å². The van der Waals surface area contributed by atoms with E-state index in [0.717, 1.165) is 29.2 Å². The number of aromatic nitrogens is 2. The molecule has 1 amide bonds. The first-order chi connectivity index (χ1) is 16.2. The molecule has 174 valence electrons. The van der Waals surface area contributed by atoms with Crippen molar-refractivity contribution in [2.75, 3.05) is 56.8 Å². The topological polar surface area (TPSA) is 95.0 Å². The van der Waals surface area contributed by atoms with Crippen molar-refractivity contribution in [1.82, 2.24) is 9.97 Å². The second-order valence-corrected chi connectivity index (χ2v) is 8.83. The van der Waals surface area contributed by atoms with Crippen LogP contribution in [0.4, 0.5) is 10.9 Å². The van der Waals surface area contributed by atoms with Crippen molar-refractivity contribution in [1.29, 1.82) is 0 Å². The van der Waals surface area contributed by atoms with Gasteiger partial charge in [0.1, 0.15) is 23.2 Å². The second kappa shape index (κ2) is 9.60. The maximum atomic E-state index is 13.0. The first-order valence-electron chi connectivity index (χ1n) is 11.0. The summed E-state index contributed by atoms with van der Waals surface area (Å²) in [4.78, 5) is 24.1. The molecule has 1 N–H and O–H groups in total. The van der Waals surface area contributed by atoms with Gasteiger partial charge in [0.25, 0.3) is 5.91 Å². The molecule has 0 radical (unpaired) electrons. The van der Waals surface area contributed by atoms with Gasteiger partial charge in [-0.1, -0.05) is 17.4 Å². The molecular formula is C23H26N4O5S. The Balaban J connectivity index is 1.36. The van der Waals surface area contributed by atoms with Gasteiger partial charge < -0.3 is 23.8 Å². The summed E-state index contributed by atoms with van der Waals surface area (Å²) in [5.41, 5.74) is 2.20. The quantitative estimate of drug-likeness (QED) is 0.562. The summed E-state index contributed by atoms with van der Waals surface area (Å²) < 4.78 is 23.5. The van der Waals surface area contributed by atoms with Crippen LogP contribution in [0.5, 0.6) is 5.75 Å². The summed E-state index contributed by atoms with van der Waals surface area (Å²) in [6.45, 7) is 5.87. The van der Waals surface area contributed by atoms with Crippen LogP contribution in [0.25, 0.3) is 10.2 Å². The highest BCUT2D eigenvalue weighted by Crippen LogP contribution is 2.39. The molecule has 10 heteroatoms. The average Bonchev–Trinajstić information content (AvgIpc) is 3.24. The highest BCUT2D eigenvalue weighted by atomic mass is 32.1. The third-order valence-corrected chi connectivity index (χ3v) is 6.74. The van der Waals surface area contributed by atoms with E-state index in [1.807, 2.05) is 19.1 Å². The lowest BCUT2D eigenvalue weighted by Crippen LogP contribution is -2.52. The maximum Gasteiger partial charge on any atom is 0.257 e. The SMILES string of the molecule is CCOC1CN(c2cc(C(=O)Nc3nc4c(OC)ccc(C5COCCO5)c4s3)ccn2)C1. The molecule has 0 aliphatic carbocycles. The standard InChI is InChI=1S/C23H26N4O5S/c1-3-31-15-11-27(12-15)19-10-14(6-7-24-19)22(28)26-23-25-20-17(29-2)5-4-16(21(20)33-23)18-13-30-8-9-32-18/h4-7,10,15,18H,3,8-9,11-13H2,1-2H3,(H,25,26,28). The second-order valence-electron chi connectivity index (χ2n) is 7.83. The van der Waals surface area contributed by atoms with E-state index in [1.54, 1.807) is 25.4 Å². The van der Waals surface area contributed by atoms with E-state index >= 15 is 0 Å². The summed E-state index contributed by atoms with van der Waals surface area (Å²) in [5.74, 6) is 1.17. The smallest absolute Gasteiger partial charge is 0.257 e. The molecule has 3 aromatic rings. The third kappa shape index (κ3) is 4.51. The molecule has 1 atom stereocenters. The number of pyridine rings is 1. The van der Waals surface area contributed by atoms with Gasteiger partial charge in [-0.05, 0) is 25.1 Å². The van der Waals surface area contributed by atoms with E-state index in [4.69, 9.17) is 18.9 Å². The lowest BCUT2D eigenvalue weighted by Gasteiger charge is -2.39. The summed E-state index contributed by atoms with van der Waals surface area (Å²) >= 11 is 1.40. The molecule has 2 aliphatic heterocycles. The number of carbonyl (C=O) groups is 1. The highest BCUT2D eigenvalue weighted by Gasteiger charge is 2.28. The van der Waals surface area contributed by atoms with Crippen molar-refractivity contribution in [2.24, 2.45) is 0 Å². The van der Waals surface area contributed by atoms with Crippen LogP contribution in [0.1, 0.15) is 28.9 Å². The number of thiazole rings is 1. The molecule has 4 heterocycles. The first-order valence-corrected chi connectivity index (χ1v) is 11.8. The zero-order valence-electron chi connectivity index (χ0n) is 18.6. The van der Waals surface area contributed by atoms with Crippen molar-refractivity contribution in [3.8, 4) is 5.75 Å². The van der Waals surface area contributed by atoms with Gasteiger partial charge in [-0.2, -0.15) is 0 Å². The predicted molar refractivity (Wildman–Crippen MR) is 126 cm³/mol. The maximum absolute atomic E-state index is 13.0. The lowest BCUT2D eigenvalue weighted by atomic mass is 10.1. The number of rotatable bonds is 7. The fourth-order valence-corrected chi connectivity index (χ4v) is 5.04. The van der Waals surface area contributed by atoms with Gasteiger partial charge in [0, 0.05) is 37.0 Å². The summed E-state index contributed by atoms with van der Waals surface area (Å²) in [6, 6.07) is 7.34. The van der Waals surface area contributed by atoms with E-state index < -0.39 is 0 Å². The molecule has 1 unspecified atom stereocenters. The van der Waals surface area contributed by atoms with Gasteiger partial charge in [-0.25, -0.2) is 9.97 Å². The Bertz CT molecular complexity index is 1140. The minimum atomic E-state index is -0.239. The number of anilines is 2. The average molecular weight is 471 g/mol. The van der Waals surface area contributed by atoms with Gasteiger partial charge in [0.2, 0.25) is 0 Å². The van der Waals surface area contributed by atoms with Crippen LogP contribution in [0, 0.1) is 0 Å². The Hall–Kier alpha value is -2.79.